The van der Waals surface area contributed by atoms with Crippen molar-refractivity contribution >= 4 is 23.2 Å². The van der Waals surface area contributed by atoms with Crippen LogP contribution in [0.25, 0.3) is 0 Å². The highest BCUT2D eigenvalue weighted by Gasteiger charge is 2.18. The first-order valence-corrected chi connectivity index (χ1v) is 8.05. The summed E-state index contributed by atoms with van der Waals surface area (Å²) in [5.74, 6) is -0.422. The lowest BCUT2D eigenvalue weighted by Gasteiger charge is -2.16. The van der Waals surface area contributed by atoms with E-state index in [0.717, 1.165) is 17.0 Å². The number of amides is 2. The first kappa shape index (κ1) is 18.7. The van der Waals surface area contributed by atoms with Gasteiger partial charge in [-0.1, -0.05) is 6.07 Å². The molecule has 1 aromatic carbocycles. The Morgan fingerprint density at radius 2 is 1.92 bits per heavy atom. The lowest BCUT2D eigenvalue weighted by atomic mass is 10.1. The number of methoxy groups -OCH3 is 1. The van der Waals surface area contributed by atoms with Gasteiger partial charge in [-0.3, -0.25) is 14.3 Å². The molecular weight excluding hydrogens is 320 g/mol. The highest BCUT2D eigenvalue weighted by molar-refractivity contribution is 5.96. The molecule has 0 saturated heterocycles. The summed E-state index contributed by atoms with van der Waals surface area (Å²) < 4.78 is 6.50. The first-order valence-electron chi connectivity index (χ1n) is 8.05. The number of rotatable bonds is 6. The summed E-state index contributed by atoms with van der Waals surface area (Å²) in [6.07, 6.45) is 0. The van der Waals surface area contributed by atoms with E-state index in [1.807, 2.05) is 32.9 Å². The lowest BCUT2D eigenvalue weighted by Crippen LogP contribution is -2.25. The van der Waals surface area contributed by atoms with Gasteiger partial charge in [0.15, 0.2) is 0 Å². The third-order valence-corrected chi connectivity index (χ3v) is 3.85. The van der Waals surface area contributed by atoms with E-state index in [1.54, 1.807) is 23.7 Å². The van der Waals surface area contributed by atoms with Crippen molar-refractivity contribution in [3.8, 4) is 0 Å². The van der Waals surface area contributed by atoms with Crippen LogP contribution in [0.15, 0.2) is 24.3 Å². The molecule has 7 heteroatoms. The van der Waals surface area contributed by atoms with Gasteiger partial charge in [-0.05, 0) is 51.5 Å². The Balaban J connectivity index is 2.14. The van der Waals surface area contributed by atoms with Gasteiger partial charge < -0.3 is 15.4 Å². The average Bonchev–Trinajstić information content (AvgIpc) is 2.88. The largest absolute Gasteiger partial charge is 0.375 e. The van der Waals surface area contributed by atoms with E-state index in [4.69, 9.17) is 4.74 Å². The van der Waals surface area contributed by atoms with E-state index in [2.05, 4.69) is 15.7 Å². The summed E-state index contributed by atoms with van der Waals surface area (Å²) in [6, 6.07) is 6.84. The van der Waals surface area contributed by atoms with Gasteiger partial charge in [0.05, 0.1) is 5.69 Å². The Labute approximate surface area is 147 Å². The highest BCUT2D eigenvalue weighted by atomic mass is 16.5. The maximum absolute atomic E-state index is 12.6. The van der Waals surface area contributed by atoms with Gasteiger partial charge in [0.25, 0.3) is 0 Å². The van der Waals surface area contributed by atoms with Gasteiger partial charge in [0, 0.05) is 24.2 Å². The molecule has 0 spiro atoms. The minimum Gasteiger partial charge on any atom is -0.375 e. The molecule has 0 saturated carbocycles. The van der Waals surface area contributed by atoms with Crippen molar-refractivity contribution < 1.29 is 14.3 Å². The SMILES string of the molecule is COCC(=O)Nc1ccc(C)c(NC(=O)C(C)n2nc(C)cc2C)c1. The molecule has 0 bridgehead atoms. The molecule has 1 unspecified atom stereocenters. The van der Waals surface area contributed by atoms with Crippen LogP contribution >= 0.6 is 0 Å². The quantitative estimate of drug-likeness (QED) is 0.843. The van der Waals surface area contributed by atoms with Crippen LogP contribution in [0.1, 0.15) is 29.9 Å². The van der Waals surface area contributed by atoms with Gasteiger partial charge in [-0.25, -0.2) is 0 Å². The molecule has 25 heavy (non-hydrogen) atoms. The second-order valence-corrected chi connectivity index (χ2v) is 6.05. The monoisotopic (exact) mass is 344 g/mol. The number of hydrogen-bond acceptors (Lipinski definition) is 4. The van der Waals surface area contributed by atoms with E-state index in [0.29, 0.717) is 11.4 Å². The van der Waals surface area contributed by atoms with E-state index in [-0.39, 0.29) is 18.4 Å². The van der Waals surface area contributed by atoms with Crippen molar-refractivity contribution in [1.82, 2.24) is 9.78 Å². The molecule has 2 N–H and O–H groups in total. The van der Waals surface area contributed by atoms with Crippen LogP contribution in [-0.2, 0) is 14.3 Å². The fourth-order valence-electron chi connectivity index (χ4n) is 2.55. The number of aryl methyl sites for hydroxylation is 3. The normalized spacial score (nSPS) is 11.9. The summed E-state index contributed by atoms with van der Waals surface area (Å²) in [5.41, 5.74) is 3.95. The fourth-order valence-corrected chi connectivity index (χ4v) is 2.55. The number of ether oxygens (including phenoxy) is 1. The Morgan fingerprint density at radius 1 is 1.20 bits per heavy atom. The Morgan fingerprint density at radius 3 is 2.52 bits per heavy atom. The van der Waals surface area contributed by atoms with Crippen molar-refractivity contribution in [2.45, 2.75) is 33.7 Å². The minimum absolute atomic E-state index is 0.0233. The number of carbonyl (C=O) groups excluding carboxylic acids is 2. The van der Waals surface area contributed by atoms with Gasteiger partial charge in [-0.15, -0.1) is 0 Å². The summed E-state index contributed by atoms with van der Waals surface area (Å²) in [5, 5.41) is 9.99. The molecule has 0 aliphatic rings. The van der Waals surface area contributed by atoms with Crippen molar-refractivity contribution in [2.75, 3.05) is 24.4 Å². The van der Waals surface area contributed by atoms with Crippen molar-refractivity contribution in [3.63, 3.8) is 0 Å². The van der Waals surface area contributed by atoms with Crippen molar-refractivity contribution in [1.29, 1.82) is 0 Å². The molecule has 0 aliphatic heterocycles. The van der Waals surface area contributed by atoms with Crippen LogP contribution in [0.5, 0.6) is 0 Å². The number of hydrogen-bond donors (Lipinski definition) is 2. The topological polar surface area (TPSA) is 85.3 Å². The molecule has 2 rings (SSSR count). The second kappa shape index (κ2) is 7.94. The molecule has 0 radical (unpaired) electrons. The van der Waals surface area contributed by atoms with Gasteiger partial charge >= 0.3 is 0 Å². The smallest absolute Gasteiger partial charge is 0.250 e. The van der Waals surface area contributed by atoms with Crippen LogP contribution in [-0.4, -0.2) is 35.3 Å². The third-order valence-electron chi connectivity index (χ3n) is 3.85. The number of carbonyl (C=O) groups is 2. The van der Waals surface area contributed by atoms with Crippen molar-refractivity contribution in [3.05, 3.63) is 41.2 Å². The standard InChI is InChI=1S/C18H24N4O3/c1-11-6-7-15(19-17(23)10-25-5)9-16(11)20-18(24)14(4)22-13(3)8-12(2)21-22/h6-9,14H,10H2,1-5H3,(H,19,23)(H,20,24). The Bertz CT molecular complexity index is 783. The zero-order valence-electron chi connectivity index (χ0n) is 15.2. The zero-order valence-corrected chi connectivity index (χ0v) is 15.2. The van der Waals surface area contributed by atoms with E-state index >= 15 is 0 Å². The predicted octanol–water partition coefficient (Wildman–Crippen LogP) is 2.59. The molecule has 134 valence electrons. The molecule has 2 aromatic rings. The minimum atomic E-state index is -0.445. The van der Waals surface area contributed by atoms with Crippen molar-refractivity contribution in [2.24, 2.45) is 0 Å². The number of anilines is 2. The zero-order chi connectivity index (χ0) is 18.6. The molecule has 1 heterocycles. The van der Waals surface area contributed by atoms with Crippen LogP contribution in [0.4, 0.5) is 11.4 Å². The molecule has 2 amide bonds. The second-order valence-electron chi connectivity index (χ2n) is 6.05. The summed E-state index contributed by atoms with van der Waals surface area (Å²) in [4.78, 5) is 24.2. The van der Waals surface area contributed by atoms with Crippen LogP contribution in [0.3, 0.4) is 0 Å². The van der Waals surface area contributed by atoms with E-state index in [9.17, 15) is 9.59 Å². The summed E-state index contributed by atoms with van der Waals surface area (Å²) in [7, 11) is 1.46. The number of benzene rings is 1. The maximum atomic E-state index is 12.6. The number of nitrogens with zero attached hydrogens (tertiary/aromatic N) is 2. The maximum Gasteiger partial charge on any atom is 0.250 e. The predicted molar refractivity (Wildman–Crippen MR) is 96.7 cm³/mol. The van der Waals surface area contributed by atoms with Crippen LogP contribution in [0.2, 0.25) is 0 Å². The Kier molecular flexibility index (Phi) is 5.93. The fraction of sp³-hybridized carbons (Fsp3) is 0.389. The van der Waals surface area contributed by atoms with Crippen LogP contribution < -0.4 is 10.6 Å². The molecule has 0 fully saturated rings. The highest BCUT2D eigenvalue weighted by Crippen LogP contribution is 2.22. The summed E-state index contributed by atoms with van der Waals surface area (Å²) >= 11 is 0. The van der Waals surface area contributed by atoms with Gasteiger partial charge in [0.2, 0.25) is 11.8 Å². The average molecular weight is 344 g/mol. The molecular formula is C18H24N4O3. The number of nitrogens with one attached hydrogen (secondary N) is 2. The lowest BCUT2D eigenvalue weighted by molar-refractivity contribution is -0.120. The molecule has 1 aromatic heterocycles. The van der Waals surface area contributed by atoms with Gasteiger partial charge in [0.1, 0.15) is 12.6 Å². The third kappa shape index (κ3) is 4.67. The molecule has 1 atom stereocenters. The Hall–Kier alpha value is -2.67. The number of aromatic nitrogens is 2. The van der Waals surface area contributed by atoms with Crippen LogP contribution in [0, 0.1) is 20.8 Å². The van der Waals surface area contributed by atoms with Gasteiger partial charge in [-0.2, -0.15) is 5.10 Å². The first-order chi connectivity index (χ1) is 11.8. The molecule has 7 nitrogen and oxygen atoms in total. The molecule has 0 aliphatic carbocycles. The van der Waals surface area contributed by atoms with E-state index in [1.165, 1.54) is 7.11 Å². The van der Waals surface area contributed by atoms with E-state index < -0.39 is 6.04 Å². The summed E-state index contributed by atoms with van der Waals surface area (Å²) in [6.45, 7) is 7.48.